The molecule has 0 saturated heterocycles. The van der Waals surface area contributed by atoms with Crippen LogP contribution in [0.3, 0.4) is 0 Å². The van der Waals surface area contributed by atoms with Crippen molar-refractivity contribution in [1.29, 1.82) is 0 Å². The number of phenolic OH excluding ortho intramolecular Hbond substituents is 1. The molecule has 1 aliphatic carbocycles. The first-order valence-corrected chi connectivity index (χ1v) is 8.19. The lowest BCUT2D eigenvalue weighted by Gasteiger charge is -2.45. The third-order valence-electron chi connectivity index (χ3n) is 4.66. The zero-order valence-electron chi connectivity index (χ0n) is 14.5. The molecule has 1 amide bonds. The minimum atomic E-state index is -0.140. The summed E-state index contributed by atoms with van der Waals surface area (Å²) in [4.78, 5) is 23.2. The van der Waals surface area contributed by atoms with Crippen molar-refractivity contribution in [3.8, 4) is 5.75 Å². The number of carbonyl (C=O) groups excluding carboxylic acids is 2. The largest absolute Gasteiger partial charge is 0.505 e. The van der Waals surface area contributed by atoms with Crippen LogP contribution in [0.5, 0.6) is 5.75 Å². The molecule has 0 heterocycles. The van der Waals surface area contributed by atoms with Crippen LogP contribution in [0.15, 0.2) is 18.2 Å². The standard InChI is InChI=1S/C19H27NO3/c1-18(2)9-13(10-19(3,4)11-18)8-16(22)14-6-5-7-15(17(14)23)20-12-21/h5-7,12-13,23H,8-11H2,1-4H3,(H,20,21). The molecule has 1 aliphatic rings. The monoisotopic (exact) mass is 317 g/mol. The minimum Gasteiger partial charge on any atom is -0.505 e. The number of ketones is 1. The average Bonchev–Trinajstić information content (AvgIpc) is 2.37. The number of rotatable bonds is 5. The van der Waals surface area contributed by atoms with Crippen LogP contribution in [0.2, 0.25) is 0 Å². The van der Waals surface area contributed by atoms with Gasteiger partial charge in [-0.3, -0.25) is 9.59 Å². The van der Waals surface area contributed by atoms with Crippen LogP contribution in [-0.2, 0) is 4.79 Å². The summed E-state index contributed by atoms with van der Waals surface area (Å²) in [7, 11) is 0. The van der Waals surface area contributed by atoms with Crippen LogP contribution < -0.4 is 5.32 Å². The molecule has 4 heteroatoms. The summed E-state index contributed by atoms with van der Waals surface area (Å²) in [6.45, 7) is 9.05. The van der Waals surface area contributed by atoms with Crippen molar-refractivity contribution in [1.82, 2.24) is 0 Å². The van der Waals surface area contributed by atoms with E-state index in [2.05, 4.69) is 33.0 Å². The normalized spacial score (nSPS) is 20.0. The lowest BCUT2D eigenvalue weighted by atomic mass is 9.60. The van der Waals surface area contributed by atoms with E-state index >= 15 is 0 Å². The molecule has 0 spiro atoms. The molecule has 0 aromatic heterocycles. The topological polar surface area (TPSA) is 66.4 Å². The number of amides is 1. The van der Waals surface area contributed by atoms with Gasteiger partial charge < -0.3 is 10.4 Å². The van der Waals surface area contributed by atoms with Crippen molar-refractivity contribution >= 4 is 17.9 Å². The molecule has 1 aromatic rings. The SMILES string of the molecule is CC1(C)CC(CC(=O)c2cccc(NC=O)c2O)CC(C)(C)C1. The van der Waals surface area contributed by atoms with E-state index in [1.807, 2.05) is 0 Å². The van der Waals surface area contributed by atoms with Gasteiger partial charge in [-0.1, -0.05) is 33.8 Å². The highest BCUT2D eigenvalue weighted by Gasteiger charge is 2.39. The Morgan fingerprint density at radius 2 is 1.87 bits per heavy atom. The van der Waals surface area contributed by atoms with Gasteiger partial charge in [-0.05, 0) is 48.1 Å². The molecular formula is C19H27NO3. The van der Waals surface area contributed by atoms with E-state index in [0.717, 1.165) is 19.3 Å². The van der Waals surface area contributed by atoms with Gasteiger partial charge in [-0.25, -0.2) is 0 Å². The quantitative estimate of drug-likeness (QED) is 0.481. The van der Waals surface area contributed by atoms with E-state index in [9.17, 15) is 14.7 Å². The van der Waals surface area contributed by atoms with Crippen molar-refractivity contribution in [2.45, 2.75) is 53.4 Å². The number of benzene rings is 1. The van der Waals surface area contributed by atoms with Crippen LogP contribution in [-0.4, -0.2) is 17.3 Å². The lowest BCUT2D eigenvalue weighted by Crippen LogP contribution is -2.34. The molecule has 23 heavy (non-hydrogen) atoms. The number of Topliss-reactive ketones (excluding diaryl/α,β-unsaturated/α-hetero) is 1. The first-order valence-electron chi connectivity index (χ1n) is 8.19. The smallest absolute Gasteiger partial charge is 0.211 e. The summed E-state index contributed by atoms with van der Waals surface area (Å²) in [6, 6.07) is 4.87. The molecule has 2 rings (SSSR count). The summed E-state index contributed by atoms with van der Waals surface area (Å²) in [5.41, 5.74) is 1.03. The number of hydrogen-bond donors (Lipinski definition) is 2. The summed E-state index contributed by atoms with van der Waals surface area (Å²) in [5.74, 6) is 0.123. The molecule has 0 aliphatic heterocycles. The Bertz CT molecular complexity index is 589. The molecule has 2 N–H and O–H groups in total. The van der Waals surface area contributed by atoms with Crippen LogP contribution in [0.25, 0.3) is 0 Å². The minimum absolute atomic E-state index is 0.0597. The first kappa shape index (κ1) is 17.5. The van der Waals surface area contributed by atoms with E-state index < -0.39 is 0 Å². The Morgan fingerprint density at radius 1 is 1.26 bits per heavy atom. The molecule has 0 radical (unpaired) electrons. The fourth-order valence-electron chi connectivity index (χ4n) is 4.54. The third kappa shape index (κ3) is 4.34. The van der Waals surface area contributed by atoms with Crippen molar-refractivity contribution in [3.63, 3.8) is 0 Å². The van der Waals surface area contributed by atoms with Gasteiger partial charge in [-0.2, -0.15) is 0 Å². The first-order chi connectivity index (χ1) is 10.6. The second kappa shape index (κ2) is 6.34. The number of para-hydroxylation sites is 1. The average molecular weight is 317 g/mol. The molecule has 0 atom stereocenters. The Balaban J connectivity index is 2.16. The Labute approximate surface area is 138 Å². The predicted molar refractivity (Wildman–Crippen MR) is 91.6 cm³/mol. The van der Waals surface area contributed by atoms with E-state index in [-0.39, 0.29) is 33.6 Å². The number of carbonyl (C=O) groups is 2. The van der Waals surface area contributed by atoms with E-state index in [1.165, 1.54) is 0 Å². The summed E-state index contributed by atoms with van der Waals surface area (Å²) >= 11 is 0. The summed E-state index contributed by atoms with van der Waals surface area (Å²) in [6.07, 6.45) is 4.14. The highest BCUT2D eigenvalue weighted by atomic mass is 16.3. The molecule has 4 nitrogen and oxygen atoms in total. The van der Waals surface area contributed by atoms with Crippen molar-refractivity contribution in [3.05, 3.63) is 23.8 Å². The second-order valence-corrected chi connectivity index (χ2v) is 8.37. The maximum Gasteiger partial charge on any atom is 0.211 e. The molecule has 1 fully saturated rings. The number of anilines is 1. The second-order valence-electron chi connectivity index (χ2n) is 8.37. The fraction of sp³-hybridized carbons (Fsp3) is 0.579. The van der Waals surface area contributed by atoms with Crippen LogP contribution in [0.1, 0.15) is 63.7 Å². The van der Waals surface area contributed by atoms with Gasteiger partial charge in [0.1, 0.15) is 5.75 Å². The molecular weight excluding hydrogens is 290 g/mol. The van der Waals surface area contributed by atoms with Crippen LogP contribution in [0, 0.1) is 16.7 Å². The number of phenols is 1. The van der Waals surface area contributed by atoms with Gasteiger partial charge >= 0.3 is 0 Å². The van der Waals surface area contributed by atoms with E-state index in [1.54, 1.807) is 18.2 Å². The molecule has 1 saturated carbocycles. The Hall–Kier alpha value is -1.84. The van der Waals surface area contributed by atoms with E-state index in [0.29, 0.717) is 18.7 Å². The molecule has 126 valence electrons. The van der Waals surface area contributed by atoms with Gasteiger partial charge in [-0.15, -0.1) is 0 Å². The Kier molecular flexibility index (Phi) is 4.83. The number of aromatic hydroxyl groups is 1. The third-order valence-corrected chi connectivity index (χ3v) is 4.66. The van der Waals surface area contributed by atoms with E-state index in [4.69, 9.17) is 0 Å². The highest BCUT2D eigenvalue weighted by Crippen LogP contribution is 2.49. The van der Waals surface area contributed by atoms with Crippen molar-refractivity contribution < 1.29 is 14.7 Å². The van der Waals surface area contributed by atoms with Gasteiger partial charge in [0, 0.05) is 6.42 Å². The zero-order valence-corrected chi connectivity index (χ0v) is 14.5. The predicted octanol–water partition coefficient (Wildman–Crippen LogP) is 4.39. The van der Waals surface area contributed by atoms with Crippen LogP contribution >= 0.6 is 0 Å². The van der Waals surface area contributed by atoms with Crippen molar-refractivity contribution in [2.24, 2.45) is 16.7 Å². The Morgan fingerprint density at radius 3 is 2.43 bits per heavy atom. The van der Waals surface area contributed by atoms with Gasteiger partial charge in [0.15, 0.2) is 5.78 Å². The van der Waals surface area contributed by atoms with Gasteiger partial charge in [0.2, 0.25) is 6.41 Å². The summed E-state index contributed by atoms with van der Waals surface area (Å²) in [5, 5.41) is 12.6. The lowest BCUT2D eigenvalue weighted by molar-refractivity contribution is -0.105. The summed E-state index contributed by atoms with van der Waals surface area (Å²) < 4.78 is 0. The molecule has 0 bridgehead atoms. The maximum absolute atomic E-state index is 12.6. The van der Waals surface area contributed by atoms with Crippen molar-refractivity contribution in [2.75, 3.05) is 5.32 Å². The van der Waals surface area contributed by atoms with Gasteiger partial charge in [0.05, 0.1) is 11.3 Å². The van der Waals surface area contributed by atoms with Gasteiger partial charge in [0.25, 0.3) is 0 Å². The molecule has 0 unspecified atom stereocenters. The maximum atomic E-state index is 12.6. The number of hydrogen-bond acceptors (Lipinski definition) is 3. The van der Waals surface area contributed by atoms with Crippen LogP contribution in [0.4, 0.5) is 5.69 Å². The zero-order chi connectivity index (χ0) is 17.3. The molecule has 1 aromatic carbocycles. The number of nitrogens with one attached hydrogen (secondary N) is 1. The highest BCUT2D eigenvalue weighted by molar-refractivity contribution is 6.01. The fourth-order valence-corrected chi connectivity index (χ4v) is 4.54.